The van der Waals surface area contributed by atoms with E-state index in [-0.39, 0.29) is 5.75 Å². The molecule has 0 unspecified atom stereocenters. The Morgan fingerprint density at radius 1 is 1.00 bits per heavy atom. The van der Waals surface area contributed by atoms with Gasteiger partial charge in [0.25, 0.3) is 5.91 Å². The number of hydrogen-bond donors (Lipinski definition) is 8. The summed E-state index contributed by atoms with van der Waals surface area (Å²) in [6.07, 6.45) is -7.71. The van der Waals surface area contributed by atoms with Crippen LogP contribution in [0.1, 0.15) is 5.56 Å². The van der Waals surface area contributed by atoms with Gasteiger partial charge in [0.05, 0.1) is 6.54 Å². The third kappa shape index (κ3) is 7.40. The van der Waals surface area contributed by atoms with Crippen LogP contribution < -0.4 is 16.4 Å². The van der Waals surface area contributed by atoms with E-state index in [2.05, 4.69) is 16.4 Å². The Morgan fingerprint density at radius 3 is 2.31 bits per heavy atom. The highest BCUT2D eigenvalue weighted by Gasteiger charge is 2.43. The number of carbonyl (C=O) groups excluding carboxylic acids is 3. The van der Waals surface area contributed by atoms with Gasteiger partial charge in [0.1, 0.15) is 43.3 Å². The molecule has 10 N–H and O–H groups in total. The lowest BCUT2D eigenvalue weighted by Gasteiger charge is -2.37. The molecule has 13 nitrogen and oxygen atoms in total. The van der Waals surface area contributed by atoms with Gasteiger partial charge in [-0.2, -0.15) is 0 Å². The van der Waals surface area contributed by atoms with Crippen LogP contribution in [0.3, 0.4) is 0 Å². The van der Waals surface area contributed by atoms with Gasteiger partial charge in [-0.15, -0.1) is 0 Å². The highest BCUT2D eigenvalue weighted by molar-refractivity contribution is 5.88. The number of rotatable bonds is 9. The summed E-state index contributed by atoms with van der Waals surface area (Å²) < 4.78 is 9.67. The van der Waals surface area contributed by atoms with Crippen molar-refractivity contribution >= 4 is 17.8 Å². The Balaban J connectivity index is 1.65. The van der Waals surface area contributed by atoms with E-state index < -0.39 is 74.2 Å². The third-order valence-corrected chi connectivity index (χ3v) is 4.74. The molecular weight excluding hydrogens is 430 g/mol. The summed E-state index contributed by atoms with van der Waals surface area (Å²) >= 11 is 0. The van der Waals surface area contributed by atoms with Crippen LogP contribution in [0, 0.1) is 0 Å². The number of carbonyl (C=O) groups is 3. The summed E-state index contributed by atoms with van der Waals surface area (Å²) in [6, 6.07) is 5.60. The van der Waals surface area contributed by atoms with Gasteiger partial charge in [-0.05, 0) is 17.7 Å². The lowest BCUT2D eigenvalue weighted by Crippen LogP contribution is -2.68. The van der Waals surface area contributed by atoms with Gasteiger partial charge in [0.2, 0.25) is 5.91 Å². The number of aliphatic hydroxyl groups excluding tert-OH is 4. The van der Waals surface area contributed by atoms with Crippen molar-refractivity contribution in [3.63, 3.8) is 0 Å². The van der Waals surface area contributed by atoms with E-state index in [0.29, 0.717) is 6.42 Å². The maximum atomic E-state index is 12.1. The second kappa shape index (κ2) is 11.7. The molecule has 0 bridgehead atoms. The van der Waals surface area contributed by atoms with Crippen molar-refractivity contribution in [1.29, 1.82) is 0 Å². The molecular formula is C19H28N3O10+. The normalized spacial score (nSPS) is 26.1. The highest BCUT2D eigenvalue weighted by Crippen LogP contribution is 2.20. The fourth-order valence-electron chi connectivity index (χ4n) is 2.85. The number of aliphatic hydroxyl groups is 4. The minimum absolute atomic E-state index is 0.102. The van der Waals surface area contributed by atoms with Crippen molar-refractivity contribution in [2.24, 2.45) is 0 Å². The molecule has 1 fully saturated rings. The van der Waals surface area contributed by atoms with Crippen LogP contribution in [0.5, 0.6) is 5.75 Å². The Kier molecular flexibility index (Phi) is 9.31. The predicted octanol–water partition coefficient (Wildman–Crippen LogP) is -4.88. The Bertz CT molecular complexity index is 790. The van der Waals surface area contributed by atoms with Crippen molar-refractivity contribution in [1.82, 2.24) is 10.6 Å². The summed E-state index contributed by atoms with van der Waals surface area (Å²) in [7, 11) is 0. The number of hydrogen-bond acceptors (Lipinski definition) is 10. The lowest BCUT2D eigenvalue weighted by molar-refractivity contribution is -0.403. The second-order valence-corrected chi connectivity index (χ2v) is 7.28. The number of phenols is 1. The summed E-state index contributed by atoms with van der Waals surface area (Å²) in [5.74, 6) is -1.92. The molecule has 6 atom stereocenters. The van der Waals surface area contributed by atoms with Crippen LogP contribution in [-0.4, -0.2) is 99.8 Å². The van der Waals surface area contributed by atoms with Gasteiger partial charge < -0.3 is 51.4 Å². The number of phenolic OH excluding ortho intramolecular Hbond substituents is 1. The zero-order chi connectivity index (χ0) is 23.8. The third-order valence-electron chi connectivity index (χ3n) is 4.74. The van der Waals surface area contributed by atoms with Crippen LogP contribution in [0.4, 0.5) is 0 Å². The summed E-state index contributed by atoms with van der Waals surface area (Å²) in [4.78, 5) is 35.6. The molecule has 2 rings (SSSR count). The van der Waals surface area contributed by atoms with Gasteiger partial charge in [-0.3, -0.25) is 14.4 Å². The fraction of sp³-hybridized carbons (Fsp3) is 0.526. The number of esters is 1. The van der Waals surface area contributed by atoms with Crippen molar-refractivity contribution in [3.05, 3.63) is 29.8 Å². The minimum atomic E-state index is -1.76. The average Bonchev–Trinajstić information content (AvgIpc) is 2.77. The van der Waals surface area contributed by atoms with E-state index in [1.54, 1.807) is 12.1 Å². The van der Waals surface area contributed by atoms with E-state index in [4.69, 9.17) is 9.47 Å². The molecule has 0 saturated carbocycles. The fourth-order valence-corrected chi connectivity index (χ4v) is 2.85. The minimum Gasteiger partial charge on any atom is -0.508 e. The molecule has 1 saturated heterocycles. The SMILES string of the molecule is [NH3+][C@@H](Cc1ccc(O)cc1)C(=O)NCC(=O)NCC(=O)OC[C@H]1O[C@H](O)[C@H](O)[C@@H](O)[C@@H]1O. The molecule has 13 heteroatoms. The Morgan fingerprint density at radius 2 is 1.66 bits per heavy atom. The first-order valence-electron chi connectivity index (χ1n) is 9.77. The van der Waals surface area contributed by atoms with Crippen molar-refractivity contribution < 1.29 is 55.1 Å². The number of quaternary nitrogens is 1. The molecule has 32 heavy (non-hydrogen) atoms. The quantitative estimate of drug-likeness (QED) is 0.165. The standard InChI is InChI=1S/C19H27N3O10/c20-11(5-9-1-3-10(23)4-2-9)18(29)22-6-13(24)21-7-14(25)31-8-12-15(26)16(27)17(28)19(30)32-12/h1-4,11-12,15-17,19,23,26-28,30H,5-8,20H2,(H,21,24)(H,22,29)/p+1/t11-,12+,15+,16-,17+,19-/m0/s1. The van der Waals surface area contributed by atoms with E-state index in [9.17, 15) is 39.9 Å². The molecule has 1 aromatic carbocycles. The van der Waals surface area contributed by atoms with Crippen molar-refractivity contribution in [3.8, 4) is 5.75 Å². The number of amides is 2. The topological polar surface area (TPSA) is 223 Å². The summed E-state index contributed by atoms with van der Waals surface area (Å²) in [5, 5.41) is 52.0. The zero-order valence-electron chi connectivity index (χ0n) is 17.1. The predicted molar refractivity (Wildman–Crippen MR) is 104 cm³/mol. The average molecular weight is 458 g/mol. The first kappa shape index (κ1) is 25.5. The van der Waals surface area contributed by atoms with E-state index in [1.807, 2.05) is 0 Å². The molecule has 1 heterocycles. The molecule has 1 aromatic rings. The largest absolute Gasteiger partial charge is 0.508 e. The number of nitrogens with one attached hydrogen (secondary N) is 2. The number of benzene rings is 1. The van der Waals surface area contributed by atoms with Crippen LogP contribution in [0.2, 0.25) is 0 Å². The first-order chi connectivity index (χ1) is 15.1. The molecule has 0 aromatic heterocycles. The van der Waals surface area contributed by atoms with Crippen molar-refractivity contribution in [2.45, 2.75) is 43.2 Å². The van der Waals surface area contributed by atoms with Gasteiger partial charge in [0.15, 0.2) is 12.3 Å². The molecule has 0 aliphatic carbocycles. The van der Waals surface area contributed by atoms with Gasteiger partial charge in [-0.1, -0.05) is 12.1 Å². The highest BCUT2D eigenvalue weighted by atomic mass is 16.6. The number of aromatic hydroxyl groups is 1. The van der Waals surface area contributed by atoms with Crippen LogP contribution in [0.25, 0.3) is 0 Å². The Hall–Kier alpha value is -2.81. The smallest absolute Gasteiger partial charge is 0.325 e. The maximum Gasteiger partial charge on any atom is 0.325 e. The summed E-state index contributed by atoms with van der Waals surface area (Å²) in [6.45, 7) is -1.46. The van der Waals surface area contributed by atoms with Crippen molar-refractivity contribution in [2.75, 3.05) is 19.7 Å². The first-order valence-corrected chi connectivity index (χ1v) is 9.77. The van der Waals surface area contributed by atoms with E-state index >= 15 is 0 Å². The monoisotopic (exact) mass is 458 g/mol. The van der Waals surface area contributed by atoms with Crippen LogP contribution in [-0.2, 0) is 30.3 Å². The van der Waals surface area contributed by atoms with Gasteiger partial charge in [-0.25, -0.2) is 0 Å². The molecule has 178 valence electrons. The lowest BCUT2D eigenvalue weighted by atomic mass is 9.99. The molecule has 2 amide bonds. The maximum absolute atomic E-state index is 12.1. The molecule has 0 spiro atoms. The molecule has 1 aliphatic heterocycles. The van der Waals surface area contributed by atoms with Crippen LogP contribution >= 0.6 is 0 Å². The number of ether oxygens (including phenoxy) is 2. The second-order valence-electron chi connectivity index (χ2n) is 7.28. The summed E-state index contributed by atoms with van der Waals surface area (Å²) in [5.41, 5.74) is 4.52. The Labute approximate surface area is 182 Å². The molecule has 0 radical (unpaired) electrons. The van der Waals surface area contributed by atoms with Gasteiger partial charge >= 0.3 is 5.97 Å². The van der Waals surface area contributed by atoms with Crippen LogP contribution in [0.15, 0.2) is 24.3 Å². The zero-order valence-corrected chi connectivity index (χ0v) is 17.1. The van der Waals surface area contributed by atoms with Gasteiger partial charge in [0, 0.05) is 6.42 Å². The molecule has 1 aliphatic rings. The van der Waals surface area contributed by atoms with E-state index in [0.717, 1.165) is 5.56 Å². The van der Waals surface area contributed by atoms with E-state index in [1.165, 1.54) is 12.1 Å².